The summed E-state index contributed by atoms with van der Waals surface area (Å²) in [6.07, 6.45) is 0. The van der Waals surface area contributed by atoms with Gasteiger partial charge in [-0.1, -0.05) is 6.07 Å². The van der Waals surface area contributed by atoms with E-state index in [1.807, 2.05) is 13.8 Å². The van der Waals surface area contributed by atoms with Crippen molar-refractivity contribution in [3.05, 3.63) is 29.6 Å². The van der Waals surface area contributed by atoms with Crippen molar-refractivity contribution in [3.8, 4) is 5.75 Å². The Morgan fingerprint density at radius 1 is 1.35 bits per heavy atom. The zero-order valence-electron chi connectivity index (χ0n) is 11.4. The third kappa shape index (κ3) is 4.32. The van der Waals surface area contributed by atoms with Gasteiger partial charge in [0.05, 0.1) is 12.1 Å². The summed E-state index contributed by atoms with van der Waals surface area (Å²) in [5.74, 6) is -0.642. The van der Waals surface area contributed by atoms with Gasteiger partial charge in [-0.3, -0.25) is 0 Å². The van der Waals surface area contributed by atoms with E-state index in [9.17, 15) is 13.2 Å². The van der Waals surface area contributed by atoms with E-state index in [2.05, 4.69) is 9.73 Å². The first-order chi connectivity index (χ1) is 9.49. The van der Waals surface area contributed by atoms with Crippen LogP contribution in [0.4, 0.5) is 13.2 Å². The highest BCUT2D eigenvalue weighted by molar-refractivity contribution is 5.78. The first-order valence-corrected chi connectivity index (χ1v) is 6.26. The number of rotatable bonds is 6. The quantitative estimate of drug-likeness (QED) is 0.647. The summed E-state index contributed by atoms with van der Waals surface area (Å²) >= 11 is 0. The fourth-order valence-electron chi connectivity index (χ4n) is 1.71. The van der Waals surface area contributed by atoms with Gasteiger partial charge in [-0.05, 0) is 26.0 Å². The fourth-order valence-corrected chi connectivity index (χ4v) is 1.71. The largest absolute Gasteiger partial charge is 0.434 e. The van der Waals surface area contributed by atoms with Gasteiger partial charge in [-0.2, -0.15) is 8.78 Å². The normalized spacial score (nSPS) is 11.8. The Balaban J connectivity index is 2.94. The molecule has 0 heterocycles. The van der Waals surface area contributed by atoms with Crippen molar-refractivity contribution in [1.82, 2.24) is 4.90 Å². The molecule has 1 rings (SSSR count). The molecule has 0 amide bonds. The topological polar surface area (TPSA) is 50.8 Å². The zero-order chi connectivity index (χ0) is 15.1. The van der Waals surface area contributed by atoms with Crippen LogP contribution >= 0.6 is 0 Å². The van der Waals surface area contributed by atoms with Gasteiger partial charge in [0.25, 0.3) is 0 Å². The minimum Gasteiger partial charge on any atom is -0.434 e. The number of ether oxygens (including phenoxy) is 1. The maximum Gasteiger partial charge on any atom is 0.387 e. The molecule has 0 radical (unpaired) electrons. The van der Waals surface area contributed by atoms with Crippen molar-refractivity contribution in [2.75, 3.05) is 13.1 Å². The molecule has 1 aromatic carbocycles. The molecule has 0 spiro atoms. The van der Waals surface area contributed by atoms with Crippen molar-refractivity contribution < 1.29 is 17.9 Å². The fraction of sp³-hybridized carbons (Fsp3) is 0.462. The average molecular weight is 289 g/mol. The van der Waals surface area contributed by atoms with Crippen LogP contribution in [0.3, 0.4) is 0 Å². The molecule has 0 atom stereocenters. The molecule has 4 nitrogen and oxygen atoms in total. The van der Waals surface area contributed by atoms with Gasteiger partial charge in [0.1, 0.15) is 11.6 Å². The Labute approximate surface area is 116 Å². The van der Waals surface area contributed by atoms with Crippen LogP contribution in [0.25, 0.3) is 0 Å². The van der Waals surface area contributed by atoms with Crippen LogP contribution in [0, 0.1) is 5.82 Å². The maximum absolute atomic E-state index is 13.7. The molecule has 7 heteroatoms. The molecule has 0 fully saturated rings. The maximum atomic E-state index is 13.7. The highest BCUT2D eigenvalue weighted by Gasteiger charge is 2.13. The van der Waals surface area contributed by atoms with Crippen LogP contribution in [-0.2, 0) is 6.54 Å². The summed E-state index contributed by atoms with van der Waals surface area (Å²) < 4.78 is 42.5. The van der Waals surface area contributed by atoms with Crippen LogP contribution in [0.1, 0.15) is 19.4 Å². The molecule has 112 valence electrons. The molecular formula is C13H18F3N3O. The predicted molar refractivity (Wildman–Crippen MR) is 71.3 cm³/mol. The van der Waals surface area contributed by atoms with E-state index in [0.29, 0.717) is 13.1 Å². The van der Waals surface area contributed by atoms with E-state index in [4.69, 9.17) is 5.73 Å². The van der Waals surface area contributed by atoms with Crippen molar-refractivity contribution in [2.45, 2.75) is 27.0 Å². The second-order valence-electron chi connectivity index (χ2n) is 3.94. The lowest BCUT2D eigenvalue weighted by Gasteiger charge is -2.19. The number of benzene rings is 1. The van der Waals surface area contributed by atoms with Crippen LogP contribution in [-0.4, -0.2) is 30.6 Å². The molecule has 20 heavy (non-hydrogen) atoms. The number of aliphatic imine (C=N–C) groups is 1. The highest BCUT2D eigenvalue weighted by Crippen LogP contribution is 2.24. The predicted octanol–water partition coefficient (Wildman–Crippen LogP) is 2.58. The molecule has 0 aliphatic rings. The van der Waals surface area contributed by atoms with Gasteiger partial charge < -0.3 is 15.4 Å². The summed E-state index contributed by atoms with van der Waals surface area (Å²) in [6, 6.07) is 3.73. The van der Waals surface area contributed by atoms with E-state index in [1.54, 1.807) is 4.90 Å². The molecule has 0 bridgehead atoms. The number of nitrogens with zero attached hydrogens (tertiary/aromatic N) is 2. The first-order valence-electron chi connectivity index (χ1n) is 6.26. The molecule has 0 saturated heterocycles. The average Bonchev–Trinajstić information content (AvgIpc) is 2.38. The Morgan fingerprint density at radius 3 is 2.55 bits per heavy atom. The summed E-state index contributed by atoms with van der Waals surface area (Å²) in [7, 11) is 0. The Hall–Kier alpha value is -1.92. The third-order valence-corrected chi connectivity index (χ3v) is 2.78. The van der Waals surface area contributed by atoms with E-state index in [1.165, 1.54) is 12.1 Å². The third-order valence-electron chi connectivity index (χ3n) is 2.78. The lowest BCUT2D eigenvalue weighted by atomic mass is 10.2. The molecule has 2 N–H and O–H groups in total. The van der Waals surface area contributed by atoms with Crippen LogP contribution in [0.2, 0.25) is 0 Å². The highest BCUT2D eigenvalue weighted by atomic mass is 19.3. The number of hydrogen-bond donors (Lipinski definition) is 1. The van der Waals surface area contributed by atoms with E-state index < -0.39 is 12.4 Å². The summed E-state index contributed by atoms with van der Waals surface area (Å²) in [4.78, 5) is 5.79. The number of halogens is 3. The lowest BCUT2D eigenvalue weighted by Crippen LogP contribution is -2.37. The molecule has 0 aromatic heterocycles. The Kier molecular flexibility index (Phi) is 6.14. The zero-order valence-corrected chi connectivity index (χ0v) is 11.4. The summed E-state index contributed by atoms with van der Waals surface area (Å²) in [5.41, 5.74) is 5.71. The van der Waals surface area contributed by atoms with Gasteiger partial charge in [0.2, 0.25) is 0 Å². The molecule has 0 aliphatic carbocycles. The monoisotopic (exact) mass is 289 g/mol. The second kappa shape index (κ2) is 7.62. The van der Waals surface area contributed by atoms with E-state index >= 15 is 0 Å². The van der Waals surface area contributed by atoms with Crippen molar-refractivity contribution in [3.63, 3.8) is 0 Å². The van der Waals surface area contributed by atoms with E-state index in [-0.39, 0.29) is 23.8 Å². The Bertz CT molecular complexity index is 462. The van der Waals surface area contributed by atoms with Crippen LogP contribution < -0.4 is 10.5 Å². The minimum absolute atomic E-state index is 0.0390. The van der Waals surface area contributed by atoms with Gasteiger partial charge >= 0.3 is 6.61 Å². The molecule has 0 saturated carbocycles. The minimum atomic E-state index is -3.01. The molecule has 1 aromatic rings. The van der Waals surface area contributed by atoms with Crippen molar-refractivity contribution in [2.24, 2.45) is 10.7 Å². The van der Waals surface area contributed by atoms with Gasteiger partial charge in [0, 0.05) is 13.1 Å². The SMILES string of the molecule is CCN(CC)C(N)=NCc1c(F)cccc1OC(F)F. The summed E-state index contributed by atoms with van der Waals surface area (Å²) in [5, 5.41) is 0. The second-order valence-corrected chi connectivity index (χ2v) is 3.94. The van der Waals surface area contributed by atoms with Crippen molar-refractivity contribution >= 4 is 5.96 Å². The van der Waals surface area contributed by atoms with Gasteiger partial charge in [-0.25, -0.2) is 9.38 Å². The lowest BCUT2D eigenvalue weighted by molar-refractivity contribution is -0.0506. The molecule has 0 unspecified atom stereocenters. The first kappa shape index (κ1) is 16.1. The smallest absolute Gasteiger partial charge is 0.387 e. The Morgan fingerprint density at radius 2 is 2.00 bits per heavy atom. The number of hydrogen-bond acceptors (Lipinski definition) is 2. The number of alkyl halides is 2. The summed E-state index contributed by atoms with van der Waals surface area (Å²) in [6.45, 7) is 1.95. The van der Waals surface area contributed by atoms with Gasteiger partial charge in [0.15, 0.2) is 5.96 Å². The van der Waals surface area contributed by atoms with Crippen LogP contribution in [0.5, 0.6) is 5.75 Å². The number of nitrogens with two attached hydrogens (primary N) is 1. The standard InChI is InChI=1S/C13H18F3N3O/c1-3-19(4-2)13(17)18-8-9-10(14)6-5-7-11(9)20-12(15)16/h5-7,12H,3-4,8H2,1-2H3,(H2,17,18). The molecule has 0 aliphatic heterocycles. The van der Waals surface area contributed by atoms with Gasteiger partial charge in [-0.15, -0.1) is 0 Å². The van der Waals surface area contributed by atoms with Crippen molar-refractivity contribution in [1.29, 1.82) is 0 Å². The number of guanidine groups is 1. The molecular weight excluding hydrogens is 271 g/mol. The van der Waals surface area contributed by atoms with E-state index in [0.717, 1.165) is 6.07 Å². The van der Waals surface area contributed by atoms with Crippen LogP contribution in [0.15, 0.2) is 23.2 Å².